The van der Waals surface area contributed by atoms with Crippen LogP contribution in [0.2, 0.25) is 0 Å². The quantitative estimate of drug-likeness (QED) is 0.234. The van der Waals surface area contributed by atoms with E-state index in [0.717, 1.165) is 25.1 Å². The van der Waals surface area contributed by atoms with Gasteiger partial charge >= 0.3 is 0 Å². The molecule has 5 N–H and O–H groups in total. The predicted octanol–water partition coefficient (Wildman–Crippen LogP) is 3.32. The number of rotatable bonds is 18. The van der Waals surface area contributed by atoms with Crippen molar-refractivity contribution in [2.45, 2.75) is 83.8 Å². The minimum Gasteiger partial charge on any atom is -0.396 e. The SMILES string of the molecule is C=C(CCCCCCCCCCNC(=C)C(O)C(C)C(O)C(C)CO)NC. The van der Waals surface area contributed by atoms with Crippen LogP contribution >= 0.6 is 0 Å². The van der Waals surface area contributed by atoms with Gasteiger partial charge in [0.2, 0.25) is 0 Å². The van der Waals surface area contributed by atoms with Crippen LogP contribution in [-0.2, 0) is 0 Å². The lowest BCUT2D eigenvalue weighted by Gasteiger charge is -2.29. The second-order valence-corrected chi connectivity index (χ2v) is 7.84. The highest BCUT2D eigenvalue weighted by Gasteiger charge is 2.28. The fourth-order valence-electron chi connectivity index (χ4n) is 3.13. The molecular weight excluding hydrogens is 340 g/mol. The van der Waals surface area contributed by atoms with Crippen LogP contribution in [0.4, 0.5) is 0 Å². The summed E-state index contributed by atoms with van der Waals surface area (Å²) in [7, 11) is 1.93. The summed E-state index contributed by atoms with van der Waals surface area (Å²) < 4.78 is 0. The molecule has 160 valence electrons. The van der Waals surface area contributed by atoms with Crippen LogP contribution in [0.25, 0.3) is 0 Å². The van der Waals surface area contributed by atoms with E-state index < -0.39 is 12.2 Å². The lowest BCUT2D eigenvalue weighted by molar-refractivity contribution is -0.00915. The second-order valence-electron chi connectivity index (χ2n) is 7.84. The Kier molecular flexibility index (Phi) is 15.3. The van der Waals surface area contributed by atoms with Gasteiger partial charge in [-0.3, -0.25) is 0 Å². The number of nitrogens with one attached hydrogen (secondary N) is 2. The summed E-state index contributed by atoms with van der Waals surface area (Å²) in [5.41, 5.74) is 1.68. The molecule has 0 amide bonds. The van der Waals surface area contributed by atoms with Gasteiger partial charge in [0.1, 0.15) is 0 Å². The van der Waals surface area contributed by atoms with E-state index in [0.29, 0.717) is 5.70 Å². The Bertz CT molecular complexity index is 401. The number of hydrogen-bond donors (Lipinski definition) is 5. The first-order valence-corrected chi connectivity index (χ1v) is 10.6. The zero-order valence-corrected chi connectivity index (χ0v) is 17.8. The van der Waals surface area contributed by atoms with Crippen molar-refractivity contribution in [3.8, 4) is 0 Å². The maximum atomic E-state index is 10.3. The van der Waals surface area contributed by atoms with Gasteiger partial charge in [-0.2, -0.15) is 0 Å². The molecule has 0 aromatic heterocycles. The van der Waals surface area contributed by atoms with Crippen LogP contribution < -0.4 is 10.6 Å². The lowest BCUT2D eigenvalue weighted by atomic mass is 9.88. The van der Waals surface area contributed by atoms with Gasteiger partial charge in [-0.05, 0) is 19.3 Å². The van der Waals surface area contributed by atoms with Crippen molar-refractivity contribution in [1.82, 2.24) is 10.6 Å². The Morgan fingerprint density at radius 2 is 1.41 bits per heavy atom. The Morgan fingerprint density at radius 3 is 1.93 bits per heavy atom. The Morgan fingerprint density at radius 1 is 0.889 bits per heavy atom. The maximum absolute atomic E-state index is 10.3. The van der Waals surface area contributed by atoms with E-state index in [9.17, 15) is 10.2 Å². The average Bonchev–Trinajstić information content (AvgIpc) is 2.68. The summed E-state index contributed by atoms with van der Waals surface area (Å²) in [6, 6.07) is 0. The minimum absolute atomic E-state index is 0.0939. The third kappa shape index (κ3) is 12.1. The van der Waals surface area contributed by atoms with Gasteiger partial charge < -0.3 is 26.0 Å². The summed E-state index contributed by atoms with van der Waals surface area (Å²) in [5.74, 6) is -0.623. The number of aliphatic hydroxyl groups excluding tert-OH is 3. The molecule has 0 aromatic carbocycles. The van der Waals surface area contributed by atoms with Crippen LogP contribution in [0, 0.1) is 11.8 Å². The summed E-state index contributed by atoms with van der Waals surface area (Å²) in [4.78, 5) is 0. The van der Waals surface area contributed by atoms with E-state index in [2.05, 4.69) is 23.8 Å². The van der Waals surface area contributed by atoms with Crippen LogP contribution in [0.1, 0.15) is 71.6 Å². The van der Waals surface area contributed by atoms with Crippen LogP contribution in [-0.4, -0.2) is 47.7 Å². The van der Waals surface area contributed by atoms with Crippen LogP contribution in [0.15, 0.2) is 24.6 Å². The molecule has 0 aromatic rings. The molecule has 5 nitrogen and oxygen atoms in total. The van der Waals surface area contributed by atoms with Crippen molar-refractivity contribution in [3.05, 3.63) is 24.6 Å². The topological polar surface area (TPSA) is 84.8 Å². The fraction of sp³-hybridized carbons (Fsp3) is 0.818. The molecule has 0 saturated heterocycles. The third-order valence-electron chi connectivity index (χ3n) is 5.38. The molecule has 4 atom stereocenters. The van der Waals surface area contributed by atoms with Crippen molar-refractivity contribution in [2.24, 2.45) is 11.8 Å². The van der Waals surface area contributed by atoms with Crippen molar-refractivity contribution < 1.29 is 15.3 Å². The monoisotopic (exact) mass is 384 g/mol. The largest absolute Gasteiger partial charge is 0.396 e. The van der Waals surface area contributed by atoms with Crippen LogP contribution in [0.5, 0.6) is 0 Å². The van der Waals surface area contributed by atoms with Gasteiger partial charge in [-0.1, -0.05) is 65.5 Å². The zero-order chi connectivity index (χ0) is 20.7. The van der Waals surface area contributed by atoms with Crippen molar-refractivity contribution in [3.63, 3.8) is 0 Å². The molecule has 0 aliphatic heterocycles. The Labute approximate surface area is 167 Å². The van der Waals surface area contributed by atoms with E-state index in [-0.39, 0.29) is 18.4 Å². The summed E-state index contributed by atoms with van der Waals surface area (Å²) >= 11 is 0. The number of aliphatic hydroxyl groups is 3. The highest BCUT2D eigenvalue weighted by Crippen LogP contribution is 2.19. The van der Waals surface area contributed by atoms with Gasteiger partial charge in [-0.15, -0.1) is 0 Å². The maximum Gasteiger partial charge on any atom is 0.0978 e. The number of hydrogen-bond acceptors (Lipinski definition) is 5. The Balaban J connectivity index is 3.64. The highest BCUT2D eigenvalue weighted by molar-refractivity contribution is 5.02. The summed E-state index contributed by atoms with van der Waals surface area (Å²) in [6.07, 6.45) is 9.34. The molecule has 0 aliphatic carbocycles. The van der Waals surface area contributed by atoms with Crippen molar-refractivity contribution in [2.75, 3.05) is 20.2 Å². The standard InChI is InChI=1S/C22H44N2O3/c1-17(16-25)21(26)19(3)22(27)20(4)24-15-13-11-9-7-6-8-10-12-14-18(2)23-5/h17,19,21-27H,2,4,6-16H2,1,3,5H3. The molecule has 0 spiro atoms. The number of unbranched alkanes of at least 4 members (excludes halogenated alkanes) is 7. The van der Waals surface area contributed by atoms with Crippen molar-refractivity contribution in [1.29, 1.82) is 0 Å². The normalized spacial score (nSPS) is 15.6. The molecule has 0 heterocycles. The first-order chi connectivity index (χ1) is 12.8. The van der Waals surface area contributed by atoms with Gasteiger partial charge in [0, 0.05) is 43.4 Å². The zero-order valence-electron chi connectivity index (χ0n) is 17.8. The van der Waals surface area contributed by atoms with E-state index in [1.165, 1.54) is 44.9 Å². The van der Waals surface area contributed by atoms with Gasteiger partial charge in [0.05, 0.1) is 12.2 Å². The molecule has 27 heavy (non-hydrogen) atoms. The molecule has 0 saturated carbocycles. The predicted molar refractivity (Wildman–Crippen MR) is 114 cm³/mol. The molecule has 0 fully saturated rings. The molecule has 0 radical (unpaired) electrons. The van der Waals surface area contributed by atoms with E-state index in [1.807, 2.05) is 7.05 Å². The Hall–Kier alpha value is -1.04. The highest BCUT2D eigenvalue weighted by atomic mass is 16.3. The molecule has 0 bridgehead atoms. The van der Waals surface area contributed by atoms with E-state index in [4.69, 9.17) is 5.11 Å². The molecular formula is C22H44N2O3. The fourth-order valence-corrected chi connectivity index (χ4v) is 3.13. The van der Waals surface area contributed by atoms with E-state index >= 15 is 0 Å². The number of allylic oxidation sites excluding steroid dienone is 1. The average molecular weight is 385 g/mol. The molecule has 4 unspecified atom stereocenters. The first kappa shape index (κ1) is 26.0. The lowest BCUT2D eigenvalue weighted by Crippen LogP contribution is -2.39. The molecule has 5 heteroatoms. The third-order valence-corrected chi connectivity index (χ3v) is 5.38. The van der Waals surface area contributed by atoms with Gasteiger partial charge in [0.25, 0.3) is 0 Å². The van der Waals surface area contributed by atoms with E-state index in [1.54, 1.807) is 13.8 Å². The smallest absolute Gasteiger partial charge is 0.0978 e. The summed E-state index contributed by atoms with van der Waals surface area (Å²) in [6.45, 7) is 12.1. The molecule has 0 aliphatic rings. The van der Waals surface area contributed by atoms with Gasteiger partial charge in [0.15, 0.2) is 0 Å². The van der Waals surface area contributed by atoms with Gasteiger partial charge in [-0.25, -0.2) is 0 Å². The second kappa shape index (κ2) is 16.0. The summed E-state index contributed by atoms with van der Waals surface area (Å²) in [5, 5.41) is 35.8. The minimum atomic E-state index is -0.812. The van der Waals surface area contributed by atoms with Crippen molar-refractivity contribution >= 4 is 0 Å². The molecule has 0 rings (SSSR count). The first-order valence-electron chi connectivity index (χ1n) is 10.6. The van der Waals surface area contributed by atoms with Crippen LogP contribution in [0.3, 0.4) is 0 Å².